The fraction of sp³-hybridized carbons (Fsp3) is 0.333. The van der Waals surface area contributed by atoms with E-state index in [0.29, 0.717) is 6.42 Å². The Bertz CT molecular complexity index is 566. The molecule has 0 spiro atoms. The highest BCUT2D eigenvalue weighted by Gasteiger charge is 2.08. The molecule has 0 unspecified atom stereocenters. The predicted molar refractivity (Wildman–Crippen MR) is 83.1 cm³/mol. The van der Waals surface area contributed by atoms with E-state index in [1.54, 1.807) is 16.4 Å². The quantitative estimate of drug-likeness (QED) is 0.830. The van der Waals surface area contributed by atoms with Crippen LogP contribution >= 0.6 is 11.8 Å². The smallest absolute Gasteiger partial charge is 0.226 e. The Morgan fingerprint density at radius 3 is 2.80 bits per heavy atom. The van der Waals surface area contributed by atoms with E-state index in [1.165, 1.54) is 4.90 Å². The second-order valence-electron chi connectivity index (χ2n) is 4.45. The molecule has 0 bridgehead atoms. The van der Waals surface area contributed by atoms with Crippen LogP contribution in [0.1, 0.15) is 19.0 Å². The van der Waals surface area contributed by atoms with Gasteiger partial charge in [-0.3, -0.25) is 4.79 Å². The van der Waals surface area contributed by atoms with E-state index in [0.717, 1.165) is 23.8 Å². The number of anilines is 1. The van der Waals surface area contributed by atoms with Crippen molar-refractivity contribution >= 4 is 23.5 Å². The van der Waals surface area contributed by atoms with Gasteiger partial charge in [-0.1, -0.05) is 18.2 Å². The third kappa shape index (κ3) is 4.13. The lowest BCUT2D eigenvalue weighted by Gasteiger charge is -2.06. The Hall–Kier alpha value is -1.75. The number of hydrogen-bond donors (Lipinski definition) is 1. The Labute approximate surface area is 123 Å². The second kappa shape index (κ2) is 7.14. The van der Waals surface area contributed by atoms with Crippen LogP contribution in [0.15, 0.2) is 41.3 Å². The van der Waals surface area contributed by atoms with Crippen molar-refractivity contribution in [1.29, 1.82) is 0 Å². The first-order valence-electron chi connectivity index (χ1n) is 6.71. The molecular weight excluding hydrogens is 270 g/mol. The average molecular weight is 289 g/mol. The van der Waals surface area contributed by atoms with Crippen LogP contribution in [0.3, 0.4) is 0 Å². The van der Waals surface area contributed by atoms with Crippen molar-refractivity contribution in [2.75, 3.05) is 11.1 Å². The molecule has 1 aromatic carbocycles. The molecule has 0 fully saturated rings. The summed E-state index contributed by atoms with van der Waals surface area (Å²) in [5.74, 6) is 1.58. The number of nitrogens with one attached hydrogen (secondary N) is 1. The number of thioether (sulfide) groups is 1. The molecule has 0 radical (unpaired) electrons. The van der Waals surface area contributed by atoms with Crippen molar-refractivity contribution in [3.8, 4) is 0 Å². The molecule has 0 saturated carbocycles. The summed E-state index contributed by atoms with van der Waals surface area (Å²) in [6.07, 6.45) is 0.494. The average Bonchev–Trinajstić information content (AvgIpc) is 2.80. The number of amides is 1. The topological polar surface area (TPSA) is 46.9 Å². The van der Waals surface area contributed by atoms with Crippen LogP contribution in [0.2, 0.25) is 0 Å². The summed E-state index contributed by atoms with van der Waals surface area (Å²) in [5, 5.41) is 7.22. The number of rotatable bonds is 6. The summed E-state index contributed by atoms with van der Waals surface area (Å²) >= 11 is 1.69. The van der Waals surface area contributed by atoms with Crippen molar-refractivity contribution in [3.63, 3.8) is 0 Å². The van der Waals surface area contributed by atoms with Gasteiger partial charge in [0.1, 0.15) is 5.82 Å². The van der Waals surface area contributed by atoms with Gasteiger partial charge < -0.3 is 5.32 Å². The van der Waals surface area contributed by atoms with Gasteiger partial charge in [-0.25, -0.2) is 4.68 Å². The van der Waals surface area contributed by atoms with Crippen LogP contribution in [0.25, 0.3) is 0 Å². The lowest BCUT2D eigenvalue weighted by Crippen LogP contribution is -2.15. The van der Waals surface area contributed by atoms with Crippen molar-refractivity contribution in [2.24, 2.45) is 0 Å². The van der Waals surface area contributed by atoms with E-state index in [-0.39, 0.29) is 5.91 Å². The van der Waals surface area contributed by atoms with Gasteiger partial charge in [0.25, 0.3) is 0 Å². The molecule has 0 atom stereocenters. The molecule has 2 rings (SSSR count). The monoisotopic (exact) mass is 289 g/mol. The lowest BCUT2D eigenvalue weighted by molar-refractivity contribution is -0.115. The third-order valence-electron chi connectivity index (χ3n) is 2.81. The maximum atomic E-state index is 11.9. The Balaban J connectivity index is 1.80. The zero-order valence-electron chi connectivity index (χ0n) is 11.8. The van der Waals surface area contributed by atoms with Gasteiger partial charge >= 0.3 is 0 Å². The molecule has 0 saturated heterocycles. The number of carbonyl (C=O) groups excluding carboxylic acids is 1. The minimum absolute atomic E-state index is 0.0306. The van der Waals surface area contributed by atoms with Gasteiger partial charge in [0.15, 0.2) is 0 Å². The molecule has 4 nitrogen and oxygen atoms in total. The number of carbonyl (C=O) groups is 1. The fourth-order valence-electron chi connectivity index (χ4n) is 1.87. The van der Waals surface area contributed by atoms with Gasteiger partial charge in [0.05, 0.1) is 5.69 Å². The first-order chi connectivity index (χ1) is 9.69. The highest BCUT2D eigenvalue weighted by atomic mass is 32.2. The first kappa shape index (κ1) is 14.7. The minimum atomic E-state index is 0.0306. The molecule has 1 aromatic heterocycles. The van der Waals surface area contributed by atoms with Gasteiger partial charge in [-0.05, 0) is 26.0 Å². The number of aryl methyl sites for hydroxylation is 2. The van der Waals surface area contributed by atoms with Gasteiger partial charge in [-0.15, -0.1) is 11.8 Å². The zero-order chi connectivity index (χ0) is 14.4. The maximum Gasteiger partial charge on any atom is 0.226 e. The van der Waals surface area contributed by atoms with E-state index in [1.807, 2.05) is 38.1 Å². The summed E-state index contributed by atoms with van der Waals surface area (Å²) in [6, 6.07) is 12.0. The zero-order valence-corrected chi connectivity index (χ0v) is 12.6. The molecule has 0 aliphatic heterocycles. The summed E-state index contributed by atoms with van der Waals surface area (Å²) < 4.78 is 1.80. The second-order valence-corrected chi connectivity index (χ2v) is 5.61. The van der Waals surface area contributed by atoms with Crippen LogP contribution < -0.4 is 5.32 Å². The van der Waals surface area contributed by atoms with E-state index in [4.69, 9.17) is 0 Å². The highest BCUT2D eigenvalue weighted by Crippen LogP contribution is 2.18. The number of aromatic nitrogens is 2. The largest absolute Gasteiger partial charge is 0.311 e. The van der Waals surface area contributed by atoms with Crippen molar-refractivity contribution in [2.45, 2.75) is 31.7 Å². The van der Waals surface area contributed by atoms with Crippen LogP contribution in [-0.4, -0.2) is 21.4 Å². The summed E-state index contributed by atoms with van der Waals surface area (Å²) in [6.45, 7) is 4.68. The van der Waals surface area contributed by atoms with E-state index >= 15 is 0 Å². The van der Waals surface area contributed by atoms with Crippen LogP contribution in [0.4, 0.5) is 5.82 Å². The minimum Gasteiger partial charge on any atom is -0.311 e. The summed E-state index contributed by atoms with van der Waals surface area (Å²) in [7, 11) is 0. The van der Waals surface area contributed by atoms with Crippen LogP contribution in [0, 0.1) is 6.92 Å². The lowest BCUT2D eigenvalue weighted by atomic mass is 10.4. The molecule has 1 N–H and O–H groups in total. The molecule has 106 valence electrons. The van der Waals surface area contributed by atoms with Crippen molar-refractivity contribution < 1.29 is 4.79 Å². The van der Waals surface area contributed by atoms with E-state index < -0.39 is 0 Å². The van der Waals surface area contributed by atoms with Crippen molar-refractivity contribution in [3.05, 3.63) is 42.1 Å². The van der Waals surface area contributed by atoms with Gasteiger partial charge in [0.2, 0.25) is 5.91 Å². The first-order valence-corrected chi connectivity index (χ1v) is 7.69. The molecule has 5 heteroatoms. The Morgan fingerprint density at radius 1 is 1.35 bits per heavy atom. The SMILES string of the molecule is CCn1nc(C)cc1NC(=O)CCSc1ccccc1. The predicted octanol–water partition coefficient (Wildman–Crippen LogP) is 3.33. The van der Waals surface area contributed by atoms with Crippen LogP contribution in [-0.2, 0) is 11.3 Å². The maximum absolute atomic E-state index is 11.9. The molecule has 1 amide bonds. The van der Waals surface area contributed by atoms with E-state index in [9.17, 15) is 4.79 Å². The molecular formula is C15H19N3OS. The molecule has 1 heterocycles. The third-order valence-corrected chi connectivity index (χ3v) is 3.82. The fourth-order valence-corrected chi connectivity index (χ4v) is 2.74. The highest BCUT2D eigenvalue weighted by molar-refractivity contribution is 7.99. The Morgan fingerprint density at radius 2 is 2.10 bits per heavy atom. The summed E-state index contributed by atoms with van der Waals surface area (Å²) in [5.41, 5.74) is 0.917. The van der Waals surface area contributed by atoms with Gasteiger partial charge in [-0.2, -0.15) is 5.10 Å². The van der Waals surface area contributed by atoms with Crippen LogP contribution in [0.5, 0.6) is 0 Å². The summed E-state index contributed by atoms with van der Waals surface area (Å²) in [4.78, 5) is 13.1. The normalized spacial score (nSPS) is 10.5. The molecule has 20 heavy (non-hydrogen) atoms. The molecule has 0 aliphatic rings. The number of hydrogen-bond acceptors (Lipinski definition) is 3. The molecule has 0 aliphatic carbocycles. The van der Waals surface area contributed by atoms with Crippen molar-refractivity contribution in [1.82, 2.24) is 9.78 Å². The number of benzene rings is 1. The number of nitrogens with zero attached hydrogens (tertiary/aromatic N) is 2. The van der Waals surface area contributed by atoms with E-state index in [2.05, 4.69) is 22.5 Å². The van der Waals surface area contributed by atoms with Gasteiger partial charge in [0, 0.05) is 29.7 Å². The Kier molecular flexibility index (Phi) is 5.24. The molecule has 2 aromatic rings. The standard InChI is InChI=1S/C15H19N3OS/c1-3-18-14(11-12(2)17-18)16-15(19)9-10-20-13-7-5-4-6-8-13/h4-8,11H,3,9-10H2,1-2H3,(H,16,19).